The smallest absolute Gasteiger partial charge is 0.275 e. The van der Waals surface area contributed by atoms with Gasteiger partial charge in [0, 0.05) is 4.47 Å². The number of halogens is 1. The molecule has 0 unspecified atom stereocenters. The molecule has 0 spiro atoms. The maximum atomic E-state index is 11.8. The second-order valence-electron chi connectivity index (χ2n) is 5.05. The summed E-state index contributed by atoms with van der Waals surface area (Å²) < 4.78 is 6.06. The predicted octanol–water partition coefficient (Wildman–Crippen LogP) is 1.42. The first-order valence-corrected chi connectivity index (χ1v) is 8.03. The van der Waals surface area contributed by atoms with Crippen LogP contribution in [0.5, 0.6) is 0 Å². The molecule has 0 bridgehead atoms. The molecule has 0 fully saturated rings. The lowest BCUT2D eigenvalue weighted by Crippen LogP contribution is -2.87. The highest BCUT2D eigenvalue weighted by Crippen LogP contribution is 2.20. The van der Waals surface area contributed by atoms with E-state index in [0.717, 1.165) is 10.2 Å². The summed E-state index contributed by atoms with van der Waals surface area (Å²) in [5.74, 6) is 0.333. The molecule has 0 aliphatic heterocycles. The molecular formula is C16H19BrN3O3+. The Balaban J connectivity index is 1.70. The maximum absolute atomic E-state index is 11.8. The summed E-state index contributed by atoms with van der Waals surface area (Å²) in [6.45, 7) is 2.11. The molecule has 122 valence electrons. The predicted molar refractivity (Wildman–Crippen MR) is 89.7 cm³/mol. The minimum atomic E-state index is -0.274. The van der Waals surface area contributed by atoms with Crippen molar-refractivity contribution in [2.45, 2.75) is 13.0 Å². The number of carbonyl (C=O) groups is 2. The molecule has 1 heterocycles. The second kappa shape index (κ2) is 8.50. The Morgan fingerprint density at radius 1 is 1.22 bits per heavy atom. The van der Waals surface area contributed by atoms with Gasteiger partial charge >= 0.3 is 0 Å². The highest BCUT2D eigenvalue weighted by molar-refractivity contribution is 9.10. The lowest BCUT2D eigenvalue weighted by Gasteiger charge is -2.09. The number of nitrogens with one attached hydrogen (secondary N) is 2. The van der Waals surface area contributed by atoms with E-state index in [2.05, 4.69) is 26.6 Å². The van der Waals surface area contributed by atoms with Gasteiger partial charge in [0.25, 0.3) is 5.91 Å². The van der Waals surface area contributed by atoms with E-state index in [1.807, 2.05) is 42.6 Å². The minimum Gasteiger partial charge on any atom is -0.463 e. The molecule has 0 saturated carbocycles. The van der Waals surface area contributed by atoms with Gasteiger partial charge in [0.15, 0.2) is 12.3 Å². The number of hydrogen-bond donors (Lipinski definition) is 3. The van der Waals surface area contributed by atoms with Crippen LogP contribution in [0.25, 0.3) is 0 Å². The van der Waals surface area contributed by atoms with E-state index in [1.54, 1.807) is 12.3 Å². The molecule has 2 aromatic rings. The van der Waals surface area contributed by atoms with Crippen LogP contribution in [0.4, 0.5) is 5.69 Å². The molecule has 2 amide bonds. The van der Waals surface area contributed by atoms with Crippen molar-refractivity contribution >= 4 is 33.4 Å². The van der Waals surface area contributed by atoms with Gasteiger partial charge in [-0.3, -0.25) is 9.59 Å². The van der Waals surface area contributed by atoms with Crippen molar-refractivity contribution in [3.63, 3.8) is 0 Å². The molecule has 0 saturated heterocycles. The summed E-state index contributed by atoms with van der Waals surface area (Å²) >= 11 is 3.35. The van der Waals surface area contributed by atoms with Crippen LogP contribution in [0, 0.1) is 0 Å². The Bertz CT molecular complexity index is 658. The van der Waals surface area contributed by atoms with Crippen LogP contribution in [0.15, 0.2) is 51.6 Å². The SMILES string of the molecule is C[C@H]([NH2+]CC(=O)NCC(=O)Nc1ccccc1Br)c1ccco1. The van der Waals surface area contributed by atoms with Crippen molar-refractivity contribution in [3.8, 4) is 0 Å². The molecule has 7 heteroatoms. The molecule has 4 N–H and O–H groups in total. The molecule has 6 nitrogen and oxygen atoms in total. The Morgan fingerprint density at radius 2 is 2.00 bits per heavy atom. The summed E-state index contributed by atoms with van der Waals surface area (Å²) in [5, 5.41) is 7.17. The molecule has 23 heavy (non-hydrogen) atoms. The first-order chi connectivity index (χ1) is 11.1. The average molecular weight is 381 g/mol. The van der Waals surface area contributed by atoms with Gasteiger partial charge in [-0.25, -0.2) is 0 Å². The van der Waals surface area contributed by atoms with E-state index >= 15 is 0 Å². The average Bonchev–Trinajstić information content (AvgIpc) is 3.07. The fourth-order valence-electron chi connectivity index (χ4n) is 1.96. The van der Waals surface area contributed by atoms with E-state index in [1.165, 1.54) is 0 Å². The first-order valence-electron chi connectivity index (χ1n) is 7.24. The molecule has 0 aliphatic rings. The summed E-state index contributed by atoms with van der Waals surface area (Å²) in [4.78, 5) is 23.6. The van der Waals surface area contributed by atoms with E-state index in [0.29, 0.717) is 5.69 Å². The maximum Gasteiger partial charge on any atom is 0.275 e. The van der Waals surface area contributed by atoms with Crippen LogP contribution < -0.4 is 16.0 Å². The van der Waals surface area contributed by atoms with Crippen LogP contribution >= 0.6 is 15.9 Å². The third-order valence-electron chi connectivity index (χ3n) is 3.24. The Hall–Kier alpha value is -2.12. The van der Waals surface area contributed by atoms with Gasteiger partial charge in [0.1, 0.15) is 6.04 Å². The van der Waals surface area contributed by atoms with Crippen molar-refractivity contribution in [1.82, 2.24) is 5.32 Å². The molecule has 0 aliphatic carbocycles. The van der Waals surface area contributed by atoms with Crippen LogP contribution in [-0.4, -0.2) is 24.9 Å². The van der Waals surface area contributed by atoms with Gasteiger partial charge in [-0.2, -0.15) is 0 Å². The van der Waals surface area contributed by atoms with Gasteiger partial charge in [0.2, 0.25) is 5.91 Å². The number of carbonyl (C=O) groups excluding carboxylic acids is 2. The number of amides is 2. The molecule has 1 aromatic heterocycles. The van der Waals surface area contributed by atoms with Gasteiger partial charge in [-0.05, 0) is 47.1 Å². The molecule has 1 aromatic carbocycles. The van der Waals surface area contributed by atoms with Gasteiger partial charge in [0.05, 0.1) is 18.5 Å². The van der Waals surface area contributed by atoms with E-state index in [9.17, 15) is 9.59 Å². The quantitative estimate of drug-likeness (QED) is 0.678. The van der Waals surface area contributed by atoms with E-state index in [4.69, 9.17) is 4.42 Å². The Kier molecular flexibility index (Phi) is 6.37. The fraction of sp³-hybridized carbons (Fsp3) is 0.250. The third kappa shape index (κ3) is 5.54. The van der Waals surface area contributed by atoms with E-state index in [-0.39, 0.29) is 30.9 Å². The number of nitrogens with two attached hydrogens (primary N) is 1. The minimum absolute atomic E-state index is 0.0462. The second-order valence-corrected chi connectivity index (χ2v) is 5.90. The molecular weight excluding hydrogens is 362 g/mol. The zero-order valence-corrected chi connectivity index (χ0v) is 14.3. The van der Waals surface area contributed by atoms with Crippen molar-refractivity contribution in [2.24, 2.45) is 0 Å². The van der Waals surface area contributed by atoms with Crippen LogP contribution in [0.2, 0.25) is 0 Å². The lowest BCUT2D eigenvalue weighted by atomic mass is 10.2. The van der Waals surface area contributed by atoms with Crippen molar-refractivity contribution < 1.29 is 19.3 Å². The van der Waals surface area contributed by atoms with Crippen LogP contribution in [-0.2, 0) is 9.59 Å². The van der Waals surface area contributed by atoms with Gasteiger partial charge in [-0.15, -0.1) is 0 Å². The standard InChI is InChI=1S/C16H18BrN3O3/c1-11(14-7-4-8-23-14)18-9-15(21)19-10-16(22)20-13-6-3-2-5-12(13)17/h2-8,11,18H,9-10H2,1H3,(H,19,21)(H,20,22)/p+1/t11-/m0/s1. The van der Waals surface area contributed by atoms with Crippen molar-refractivity contribution in [1.29, 1.82) is 0 Å². The normalized spacial score (nSPS) is 11.7. The van der Waals surface area contributed by atoms with Gasteiger partial charge in [-0.1, -0.05) is 12.1 Å². The number of anilines is 1. The first kappa shape index (κ1) is 17.2. The van der Waals surface area contributed by atoms with Crippen molar-refractivity contribution in [3.05, 3.63) is 52.9 Å². The number of para-hydroxylation sites is 1. The number of quaternary nitrogens is 1. The molecule has 2 rings (SSSR count). The number of hydrogen-bond acceptors (Lipinski definition) is 3. The summed E-state index contributed by atoms with van der Waals surface area (Å²) in [7, 11) is 0. The largest absolute Gasteiger partial charge is 0.463 e. The topological polar surface area (TPSA) is 88.0 Å². The van der Waals surface area contributed by atoms with Crippen LogP contribution in [0.1, 0.15) is 18.7 Å². The highest BCUT2D eigenvalue weighted by Gasteiger charge is 2.14. The molecule has 1 atom stereocenters. The zero-order chi connectivity index (χ0) is 16.7. The summed E-state index contributed by atoms with van der Waals surface area (Å²) in [6.07, 6.45) is 1.60. The van der Waals surface area contributed by atoms with Crippen LogP contribution in [0.3, 0.4) is 0 Å². The number of benzene rings is 1. The fourth-order valence-corrected chi connectivity index (χ4v) is 2.34. The highest BCUT2D eigenvalue weighted by atomic mass is 79.9. The zero-order valence-electron chi connectivity index (χ0n) is 12.7. The summed E-state index contributed by atoms with van der Waals surface area (Å²) in [5.41, 5.74) is 0.671. The van der Waals surface area contributed by atoms with Gasteiger partial charge < -0.3 is 20.4 Å². The molecule has 0 radical (unpaired) electrons. The summed E-state index contributed by atoms with van der Waals surface area (Å²) in [6, 6.07) is 11.0. The lowest BCUT2D eigenvalue weighted by molar-refractivity contribution is -0.684. The number of furan rings is 1. The van der Waals surface area contributed by atoms with Crippen molar-refractivity contribution in [2.75, 3.05) is 18.4 Å². The Morgan fingerprint density at radius 3 is 2.70 bits per heavy atom. The van der Waals surface area contributed by atoms with E-state index < -0.39 is 0 Å². The number of rotatable bonds is 7. The third-order valence-corrected chi connectivity index (χ3v) is 3.93. The monoisotopic (exact) mass is 380 g/mol. The Labute approximate surface area is 142 Å².